The zero-order chi connectivity index (χ0) is 26.1. The third-order valence-corrected chi connectivity index (χ3v) is 6.95. The molecule has 0 bridgehead atoms. The van der Waals surface area contributed by atoms with Gasteiger partial charge < -0.3 is 25.6 Å². The first-order valence-corrected chi connectivity index (χ1v) is 12.4. The lowest BCUT2D eigenvalue weighted by Gasteiger charge is -2.31. The van der Waals surface area contributed by atoms with E-state index in [-0.39, 0.29) is 28.4 Å². The van der Waals surface area contributed by atoms with Crippen LogP contribution in [0, 0.1) is 11.8 Å². The first kappa shape index (κ1) is 25.0. The second-order valence-corrected chi connectivity index (χ2v) is 9.35. The zero-order valence-corrected chi connectivity index (χ0v) is 21.0. The quantitative estimate of drug-likeness (QED) is 0.494. The molecular formula is C27H30F2N6O2. The van der Waals surface area contributed by atoms with Gasteiger partial charge in [0.15, 0.2) is 0 Å². The summed E-state index contributed by atoms with van der Waals surface area (Å²) in [6.07, 6.45) is 0.564. The minimum absolute atomic E-state index is 0.128. The van der Waals surface area contributed by atoms with Gasteiger partial charge in [-0.25, -0.2) is 14.4 Å². The van der Waals surface area contributed by atoms with E-state index in [1.807, 2.05) is 13.1 Å². The SMILES string of the molecule is CCN(C)Cc1nc(-c2cc(-c3cc4c(cc3F)C(=O)NCC4)c(N)nc2F)ccc1N1CCOCC1. The molecule has 1 saturated heterocycles. The van der Waals surface area contributed by atoms with Gasteiger partial charge in [-0.2, -0.15) is 4.39 Å². The number of hydrogen-bond acceptors (Lipinski definition) is 7. The zero-order valence-electron chi connectivity index (χ0n) is 21.0. The Morgan fingerprint density at radius 2 is 1.86 bits per heavy atom. The third kappa shape index (κ3) is 4.99. The molecule has 0 aliphatic carbocycles. The van der Waals surface area contributed by atoms with Crippen molar-refractivity contribution in [1.82, 2.24) is 20.2 Å². The van der Waals surface area contributed by atoms with Crippen LogP contribution in [0.2, 0.25) is 0 Å². The van der Waals surface area contributed by atoms with Crippen LogP contribution in [-0.2, 0) is 17.7 Å². The van der Waals surface area contributed by atoms with E-state index in [4.69, 9.17) is 15.5 Å². The van der Waals surface area contributed by atoms with Gasteiger partial charge in [0.25, 0.3) is 5.91 Å². The third-order valence-electron chi connectivity index (χ3n) is 6.95. The lowest BCUT2D eigenvalue weighted by atomic mass is 9.93. The average Bonchev–Trinajstić information content (AvgIpc) is 2.90. The van der Waals surface area contributed by atoms with Crippen molar-refractivity contribution in [3.05, 3.63) is 58.9 Å². The number of fused-ring (bicyclic) bond motifs is 1. The molecule has 10 heteroatoms. The van der Waals surface area contributed by atoms with Gasteiger partial charge in [0.1, 0.15) is 11.6 Å². The van der Waals surface area contributed by atoms with E-state index >= 15 is 8.78 Å². The van der Waals surface area contributed by atoms with Gasteiger partial charge in [-0.15, -0.1) is 0 Å². The molecule has 0 unspecified atom stereocenters. The number of nitrogens with zero attached hydrogens (tertiary/aromatic N) is 4. The summed E-state index contributed by atoms with van der Waals surface area (Å²) in [4.78, 5) is 25.2. The van der Waals surface area contributed by atoms with Crippen molar-refractivity contribution in [2.24, 2.45) is 0 Å². The molecule has 3 N–H and O–H groups in total. The average molecular weight is 509 g/mol. The van der Waals surface area contributed by atoms with Crippen molar-refractivity contribution in [3.8, 4) is 22.4 Å². The van der Waals surface area contributed by atoms with Crippen LogP contribution in [0.4, 0.5) is 20.3 Å². The van der Waals surface area contributed by atoms with Gasteiger partial charge in [0, 0.05) is 42.9 Å². The van der Waals surface area contributed by atoms with Crippen molar-refractivity contribution in [2.75, 3.05) is 57.1 Å². The number of carbonyl (C=O) groups excluding carboxylic acids is 1. The van der Waals surface area contributed by atoms with Crippen molar-refractivity contribution in [1.29, 1.82) is 0 Å². The van der Waals surface area contributed by atoms with Crippen molar-refractivity contribution < 1.29 is 18.3 Å². The number of nitrogen functional groups attached to an aromatic ring is 1. The molecular weight excluding hydrogens is 478 g/mol. The number of anilines is 2. The molecule has 0 spiro atoms. The summed E-state index contributed by atoms with van der Waals surface area (Å²) in [6.45, 7) is 6.71. The number of hydrogen-bond donors (Lipinski definition) is 2. The Morgan fingerprint density at radius 1 is 1.08 bits per heavy atom. The van der Waals surface area contributed by atoms with Crippen LogP contribution in [-0.4, -0.2) is 67.2 Å². The van der Waals surface area contributed by atoms with Crippen molar-refractivity contribution in [3.63, 3.8) is 0 Å². The molecule has 5 rings (SSSR count). The fourth-order valence-corrected chi connectivity index (χ4v) is 4.77. The van der Waals surface area contributed by atoms with E-state index in [2.05, 4.69) is 27.0 Å². The lowest BCUT2D eigenvalue weighted by molar-refractivity contribution is 0.0945. The molecule has 2 aliphatic heterocycles. The van der Waals surface area contributed by atoms with Gasteiger partial charge in [0.2, 0.25) is 5.95 Å². The molecule has 0 saturated carbocycles. The van der Waals surface area contributed by atoms with E-state index < -0.39 is 11.8 Å². The fourth-order valence-electron chi connectivity index (χ4n) is 4.77. The topological polar surface area (TPSA) is 96.6 Å². The van der Waals surface area contributed by atoms with E-state index in [1.165, 1.54) is 12.1 Å². The summed E-state index contributed by atoms with van der Waals surface area (Å²) in [5, 5.41) is 2.71. The Labute approximate surface area is 214 Å². The van der Waals surface area contributed by atoms with Crippen LogP contribution >= 0.6 is 0 Å². The molecule has 1 amide bonds. The normalized spacial score (nSPS) is 15.6. The highest BCUT2D eigenvalue weighted by molar-refractivity contribution is 5.97. The Morgan fingerprint density at radius 3 is 2.62 bits per heavy atom. The summed E-state index contributed by atoms with van der Waals surface area (Å²) in [6, 6.07) is 8.01. The number of pyridine rings is 2. The van der Waals surface area contributed by atoms with Crippen molar-refractivity contribution in [2.45, 2.75) is 19.9 Å². The summed E-state index contributed by atoms with van der Waals surface area (Å²) in [5.41, 5.74) is 9.83. The Kier molecular flexibility index (Phi) is 7.03. The fraction of sp³-hybridized carbons (Fsp3) is 0.370. The van der Waals surface area contributed by atoms with Crippen LogP contribution in [0.25, 0.3) is 22.4 Å². The van der Waals surface area contributed by atoms with E-state index in [0.29, 0.717) is 49.5 Å². The van der Waals surface area contributed by atoms with E-state index in [1.54, 1.807) is 12.1 Å². The summed E-state index contributed by atoms with van der Waals surface area (Å²) >= 11 is 0. The van der Waals surface area contributed by atoms with Crippen LogP contribution < -0.4 is 16.0 Å². The Balaban J connectivity index is 1.59. The van der Waals surface area contributed by atoms with Crippen LogP contribution in [0.15, 0.2) is 30.3 Å². The molecule has 2 aliphatic rings. The number of rotatable bonds is 6. The van der Waals surface area contributed by atoms with Crippen LogP contribution in [0.1, 0.15) is 28.5 Å². The standard InChI is InChI=1S/C27H30F2N6O2/c1-3-34(2)15-23-24(35-8-10-37-11-9-35)5-4-22(32-23)20-13-19(26(30)33-25(20)29)18-12-16-6-7-31-27(36)17(16)14-21(18)28/h4-5,12-14H,3,6-11,15H2,1-2H3,(H2,30,33)(H,31,36). The molecule has 0 radical (unpaired) electrons. The summed E-state index contributed by atoms with van der Waals surface area (Å²) in [7, 11) is 2.00. The number of halogens is 2. The van der Waals surface area contributed by atoms with Gasteiger partial charge in [-0.1, -0.05) is 6.92 Å². The smallest absolute Gasteiger partial charge is 0.251 e. The number of amides is 1. The van der Waals surface area contributed by atoms with E-state index in [0.717, 1.165) is 31.0 Å². The minimum atomic E-state index is -0.777. The van der Waals surface area contributed by atoms with Gasteiger partial charge in [-0.05, 0) is 55.9 Å². The van der Waals surface area contributed by atoms with Gasteiger partial charge in [-0.3, -0.25) is 4.79 Å². The Bertz CT molecular complexity index is 1340. The Hall–Kier alpha value is -3.63. The second-order valence-electron chi connectivity index (χ2n) is 9.35. The van der Waals surface area contributed by atoms with Crippen LogP contribution in [0.3, 0.4) is 0 Å². The number of benzene rings is 1. The first-order valence-electron chi connectivity index (χ1n) is 12.4. The predicted molar refractivity (Wildman–Crippen MR) is 138 cm³/mol. The van der Waals surface area contributed by atoms with Gasteiger partial charge >= 0.3 is 0 Å². The molecule has 4 heterocycles. The number of nitrogens with one attached hydrogen (secondary N) is 1. The number of ether oxygens (including phenoxy) is 1. The van der Waals surface area contributed by atoms with E-state index in [9.17, 15) is 4.79 Å². The maximum atomic E-state index is 15.2. The highest BCUT2D eigenvalue weighted by Crippen LogP contribution is 2.35. The summed E-state index contributed by atoms with van der Waals surface area (Å²) < 4.78 is 35.8. The largest absolute Gasteiger partial charge is 0.383 e. The predicted octanol–water partition coefficient (Wildman–Crippen LogP) is 3.25. The molecule has 37 heavy (non-hydrogen) atoms. The number of morpholine rings is 1. The monoisotopic (exact) mass is 508 g/mol. The number of nitrogens with two attached hydrogens (primary N) is 1. The first-order chi connectivity index (χ1) is 17.9. The molecule has 8 nitrogen and oxygen atoms in total. The summed E-state index contributed by atoms with van der Waals surface area (Å²) in [5.74, 6) is -1.84. The molecule has 3 aromatic rings. The van der Waals surface area contributed by atoms with Gasteiger partial charge in [0.05, 0.1) is 35.9 Å². The molecule has 1 fully saturated rings. The minimum Gasteiger partial charge on any atom is -0.383 e. The highest BCUT2D eigenvalue weighted by atomic mass is 19.1. The molecule has 0 atom stereocenters. The highest BCUT2D eigenvalue weighted by Gasteiger charge is 2.24. The molecule has 2 aromatic heterocycles. The van der Waals surface area contributed by atoms with Crippen LogP contribution in [0.5, 0.6) is 0 Å². The molecule has 194 valence electrons. The maximum absolute atomic E-state index is 15.2. The second kappa shape index (κ2) is 10.4. The molecule has 1 aromatic carbocycles. The maximum Gasteiger partial charge on any atom is 0.251 e. The lowest BCUT2D eigenvalue weighted by Crippen LogP contribution is -2.37. The number of carbonyl (C=O) groups is 1. The van der Waals surface area contributed by atoms with Crippen molar-refractivity contribution >= 4 is 17.4 Å². The number of aromatic nitrogens is 2.